The number of carbonyl (C=O) groups excluding carboxylic acids is 1. The zero-order valence-electron chi connectivity index (χ0n) is 18.4. The Kier molecular flexibility index (Phi) is 6.53. The van der Waals surface area contributed by atoms with E-state index in [1.54, 1.807) is 0 Å². The number of likely N-dealkylation sites (tertiary alicyclic amines) is 1. The van der Waals surface area contributed by atoms with Crippen molar-refractivity contribution in [3.63, 3.8) is 0 Å². The van der Waals surface area contributed by atoms with Gasteiger partial charge in [-0.3, -0.25) is 9.69 Å². The van der Waals surface area contributed by atoms with Gasteiger partial charge in [-0.25, -0.2) is 0 Å². The van der Waals surface area contributed by atoms with Crippen LogP contribution in [0.2, 0.25) is 0 Å². The zero-order valence-corrected chi connectivity index (χ0v) is 18.4. The van der Waals surface area contributed by atoms with Crippen LogP contribution < -0.4 is 0 Å². The van der Waals surface area contributed by atoms with E-state index in [2.05, 4.69) is 110 Å². The van der Waals surface area contributed by atoms with E-state index in [1.807, 2.05) is 0 Å². The quantitative estimate of drug-likeness (QED) is 0.378. The molecule has 3 aromatic carbocycles. The number of rotatable bonds is 7. The average Bonchev–Trinajstić information content (AvgIpc) is 3.31. The molecule has 1 fully saturated rings. The second kappa shape index (κ2) is 9.49. The zero-order chi connectivity index (χ0) is 21.7. The van der Waals surface area contributed by atoms with Crippen molar-refractivity contribution in [3.8, 4) is 0 Å². The molecule has 1 unspecified atom stereocenters. The van der Waals surface area contributed by atoms with E-state index < -0.39 is 5.54 Å². The second-order valence-electron chi connectivity index (χ2n) is 8.76. The molecule has 160 valence electrons. The Morgan fingerprint density at radius 2 is 1.32 bits per heavy atom. The molecule has 0 aliphatic carbocycles. The Bertz CT molecular complexity index is 873. The molecule has 0 bridgehead atoms. The van der Waals surface area contributed by atoms with Crippen molar-refractivity contribution >= 4 is 5.97 Å². The first-order valence-corrected chi connectivity index (χ1v) is 11.2. The van der Waals surface area contributed by atoms with Crippen LogP contribution in [0.3, 0.4) is 0 Å². The average molecular weight is 414 g/mol. The van der Waals surface area contributed by atoms with Crippen LogP contribution >= 0.6 is 0 Å². The Hall–Kier alpha value is -2.91. The minimum Gasteiger partial charge on any atom is -0.465 e. The molecule has 1 aliphatic rings. The maximum Gasteiger partial charge on any atom is 0.310 e. The van der Waals surface area contributed by atoms with E-state index in [-0.39, 0.29) is 11.9 Å². The Morgan fingerprint density at radius 1 is 0.871 bits per heavy atom. The molecule has 1 saturated heterocycles. The van der Waals surface area contributed by atoms with E-state index in [0.717, 1.165) is 13.0 Å². The molecule has 4 rings (SSSR count). The third kappa shape index (κ3) is 4.28. The fraction of sp³-hybridized carbons (Fsp3) is 0.321. The van der Waals surface area contributed by atoms with Gasteiger partial charge in [0.05, 0.1) is 18.1 Å². The van der Waals surface area contributed by atoms with Crippen LogP contribution in [-0.2, 0) is 15.1 Å². The molecule has 3 nitrogen and oxygen atoms in total. The van der Waals surface area contributed by atoms with E-state index in [1.165, 1.54) is 16.7 Å². The van der Waals surface area contributed by atoms with Gasteiger partial charge in [-0.1, -0.05) is 105 Å². The van der Waals surface area contributed by atoms with Crippen LogP contribution in [0.4, 0.5) is 0 Å². The molecular weight excluding hydrogens is 382 g/mol. The van der Waals surface area contributed by atoms with Gasteiger partial charge in [-0.2, -0.15) is 0 Å². The fourth-order valence-corrected chi connectivity index (χ4v) is 4.71. The number of carbonyl (C=O) groups is 1. The number of nitrogens with zero attached hydrogens (tertiary/aromatic N) is 1. The summed E-state index contributed by atoms with van der Waals surface area (Å²) in [6.45, 7) is 6.13. The van der Waals surface area contributed by atoms with E-state index in [9.17, 15) is 4.79 Å². The summed E-state index contributed by atoms with van der Waals surface area (Å²) in [7, 11) is 0. The Balaban J connectivity index is 1.79. The van der Waals surface area contributed by atoms with Crippen molar-refractivity contribution in [2.45, 2.75) is 25.8 Å². The second-order valence-corrected chi connectivity index (χ2v) is 8.76. The molecule has 3 aromatic rings. The van der Waals surface area contributed by atoms with E-state index in [4.69, 9.17) is 4.74 Å². The molecule has 31 heavy (non-hydrogen) atoms. The molecule has 1 atom stereocenters. The first-order valence-electron chi connectivity index (χ1n) is 11.2. The highest BCUT2D eigenvalue weighted by Gasteiger charge is 2.46. The van der Waals surface area contributed by atoms with Crippen molar-refractivity contribution in [1.29, 1.82) is 0 Å². The smallest absolute Gasteiger partial charge is 0.310 e. The lowest BCUT2D eigenvalue weighted by Gasteiger charge is -2.44. The molecule has 1 aliphatic heterocycles. The maximum absolute atomic E-state index is 12.8. The van der Waals surface area contributed by atoms with Gasteiger partial charge < -0.3 is 4.74 Å². The molecule has 3 heteroatoms. The lowest BCUT2D eigenvalue weighted by Crippen LogP contribution is -2.47. The van der Waals surface area contributed by atoms with E-state index >= 15 is 0 Å². The third-order valence-corrected chi connectivity index (χ3v) is 6.13. The summed E-state index contributed by atoms with van der Waals surface area (Å²) in [5, 5.41) is 0. The predicted octanol–water partition coefficient (Wildman–Crippen LogP) is 5.50. The van der Waals surface area contributed by atoms with Crippen LogP contribution in [0.15, 0.2) is 91.0 Å². The van der Waals surface area contributed by atoms with E-state index in [0.29, 0.717) is 19.1 Å². The minimum absolute atomic E-state index is 0.0701. The molecule has 0 spiro atoms. The van der Waals surface area contributed by atoms with Crippen molar-refractivity contribution in [2.24, 2.45) is 11.8 Å². The number of hydrogen-bond donors (Lipinski definition) is 0. The third-order valence-electron chi connectivity index (χ3n) is 6.13. The number of esters is 1. The highest BCUT2D eigenvalue weighted by atomic mass is 16.5. The van der Waals surface area contributed by atoms with Gasteiger partial charge in [0.2, 0.25) is 0 Å². The summed E-state index contributed by atoms with van der Waals surface area (Å²) in [5.74, 6) is 0.173. The van der Waals surface area contributed by atoms with Gasteiger partial charge in [-0.15, -0.1) is 0 Å². The van der Waals surface area contributed by atoms with Crippen LogP contribution in [0, 0.1) is 11.8 Å². The summed E-state index contributed by atoms with van der Waals surface area (Å²) < 4.78 is 5.60. The van der Waals surface area contributed by atoms with Gasteiger partial charge in [0, 0.05) is 13.1 Å². The van der Waals surface area contributed by atoms with Crippen LogP contribution in [0.1, 0.15) is 37.0 Å². The van der Waals surface area contributed by atoms with Crippen molar-refractivity contribution in [2.75, 3.05) is 19.7 Å². The van der Waals surface area contributed by atoms with Crippen LogP contribution in [0.25, 0.3) is 0 Å². The van der Waals surface area contributed by atoms with Crippen LogP contribution in [-0.4, -0.2) is 30.6 Å². The molecular formula is C28H31NO2. The first kappa shape index (κ1) is 21.3. The summed E-state index contributed by atoms with van der Waals surface area (Å²) >= 11 is 0. The molecule has 0 aromatic heterocycles. The van der Waals surface area contributed by atoms with Crippen LogP contribution in [0.5, 0.6) is 0 Å². The molecule has 0 radical (unpaired) electrons. The molecule has 1 heterocycles. The predicted molar refractivity (Wildman–Crippen MR) is 125 cm³/mol. The van der Waals surface area contributed by atoms with Crippen molar-refractivity contribution in [3.05, 3.63) is 108 Å². The number of hydrogen-bond acceptors (Lipinski definition) is 3. The standard InChI is InChI=1S/C28H31NO2/c1-22(2)21-31-27(30)23-18-19-29(20-23)28(24-12-6-3-7-13-24,25-14-8-4-9-15-25)26-16-10-5-11-17-26/h3-17,22-23H,18-21H2,1-2H3. The first-order chi connectivity index (χ1) is 15.1. The lowest BCUT2D eigenvalue weighted by atomic mass is 9.75. The highest BCUT2D eigenvalue weighted by molar-refractivity contribution is 5.73. The number of benzene rings is 3. The summed E-state index contributed by atoms with van der Waals surface area (Å²) in [6, 6.07) is 31.9. The van der Waals surface area contributed by atoms with Crippen molar-refractivity contribution in [1.82, 2.24) is 4.90 Å². The monoisotopic (exact) mass is 413 g/mol. The van der Waals surface area contributed by atoms with Gasteiger partial charge in [-0.05, 0) is 29.0 Å². The Labute approximate surface area is 185 Å². The maximum atomic E-state index is 12.8. The summed E-state index contributed by atoms with van der Waals surface area (Å²) in [6.07, 6.45) is 0.811. The number of ether oxygens (including phenoxy) is 1. The minimum atomic E-state index is -0.461. The van der Waals surface area contributed by atoms with Crippen molar-refractivity contribution < 1.29 is 9.53 Å². The molecule has 0 amide bonds. The van der Waals surface area contributed by atoms with Gasteiger partial charge in [0.1, 0.15) is 0 Å². The summed E-state index contributed by atoms with van der Waals surface area (Å²) in [5.41, 5.74) is 3.17. The Morgan fingerprint density at radius 3 is 1.74 bits per heavy atom. The molecule has 0 saturated carbocycles. The van der Waals surface area contributed by atoms with Gasteiger partial charge >= 0.3 is 5.97 Å². The fourth-order valence-electron chi connectivity index (χ4n) is 4.71. The van der Waals surface area contributed by atoms with Gasteiger partial charge in [0.15, 0.2) is 0 Å². The molecule has 0 N–H and O–H groups in total. The topological polar surface area (TPSA) is 29.5 Å². The lowest BCUT2D eigenvalue weighted by molar-refractivity contribution is -0.149. The normalized spacial score (nSPS) is 17.1. The summed E-state index contributed by atoms with van der Waals surface area (Å²) in [4.78, 5) is 15.2. The highest BCUT2D eigenvalue weighted by Crippen LogP contribution is 2.44. The largest absolute Gasteiger partial charge is 0.465 e. The van der Waals surface area contributed by atoms with Gasteiger partial charge in [0.25, 0.3) is 0 Å². The SMILES string of the molecule is CC(C)COC(=O)C1CCN(C(c2ccccc2)(c2ccccc2)c2ccccc2)C1.